The van der Waals surface area contributed by atoms with Crippen molar-refractivity contribution in [3.8, 4) is 11.3 Å². The van der Waals surface area contributed by atoms with Crippen LogP contribution in [0.2, 0.25) is 0 Å². The fourth-order valence-electron chi connectivity index (χ4n) is 3.04. The van der Waals surface area contributed by atoms with Gasteiger partial charge in [0.25, 0.3) is 0 Å². The van der Waals surface area contributed by atoms with Gasteiger partial charge < -0.3 is 9.88 Å². The highest BCUT2D eigenvalue weighted by Crippen LogP contribution is 2.35. The van der Waals surface area contributed by atoms with Gasteiger partial charge in [0, 0.05) is 42.9 Å². The molecule has 0 aliphatic carbocycles. The molecule has 0 radical (unpaired) electrons. The number of nitrogens with zero attached hydrogens (tertiary/aromatic N) is 4. The molecule has 3 aromatic rings. The van der Waals surface area contributed by atoms with Crippen LogP contribution in [-0.2, 0) is 0 Å². The van der Waals surface area contributed by atoms with Gasteiger partial charge in [-0.1, -0.05) is 0 Å². The van der Waals surface area contributed by atoms with Crippen LogP contribution in [-0.4, -0.2) is 39.2 Å². The van der Waals surface area contributed by atoms with E-state index in [9.17, 15) is 4.39 Å². The number of hydrogen-bond acceptors (Lipinski definition) is 4. The minimum atomic E-state index is -0.680. The second-order valence-corrected chi connectivity index (χ2v) is 5.51. The number of H-pyrrole nitrogens is 1. The number of rotatable bonds is 2. The van der Waals surface area contributed by atoms with E-state index in [1.807, 2.05) is 18.3 Å². The standard InChI is InChI=1S/C16H16FN5/c17-11-3-7-22(8-4-11)14-2-6-19-16-15(14)12(9-20-16)13-1-5-18-10-21-13/h1-2,5-6,9-11H,3-4,7-8H2,(H,19,20). The van der Waals surface area contributed by atoms with Crippen LogP contribution in [0.15, 0.2) is 37.1 Å². The second kappa shape index (κ2) is 5.36. The molecule has 0 amide bonds. The SMILES string of the molecule is FC1CCN(c2ccnc3[nH]cc(-c4ccncn4)c23)CC1. The summed E-state index contributed by atoms with van der Waals surface area (Å²) in [6.45, 7) is 1.46. The summed E-state index contributed by atoms with van der Waals surface area (Å²) in [6.07, 6.45) is 7.46. The zero-order chi connectivity index (χ0) is 14.9. The van der Waals surface area contributed by atoms with Crippen molar-refractivity contribution >= 4 is 16.7 Å². The molecule has 22 heavy (non-hydrogen) atoms. The Morgan fingerprint density at radius 2 is 2.00 bits per heavy atom. The number of aromatic amines is 1. The molecule has 1 N–H and O–H groups in total. The van der Waals surface area contributed by atoms with Crippen LogP contribution >= 0.6 is 0 Å². The molecule has 4 heterocycles. The van der Waals surface area contributed by atoms with Crippen molar-refractivity contribution in [3.05, 3.63) is 37.1 Å². The maximum atomic E-state index is 13.4. The number of fused-ring (bicyclic) bond motifs is 1. The van der Waals surface area contributed by atoms with Gasteiger partial charge in [-0.2, -0.15) is 0 Å². The highest BCUT2D eigenvalue weighted by atomic mass is 19.1. The van der Waals surface area contributed by atoms with E-state index in [0.29, 0.717) is 12.8 Å². The number of anilines is 1. The number of pyridine rings is 1. The fraction of sp³-hybridized carbons (Fsp3) is 0.312. The Morgan fingerprint density at radius 1 is 1.14 bits per heavy atom. The molecule has 1 aliphatic rings. The Hall–Kier alpha value is -2.50. The van der Waals surface area contributed by atoms with Gasteiger partial charge in [0.1, 0.15) is 18.1 Å². The van der Waals surface area contributed by atoms with Crippen LogP contribution < -0.4 is 4.90 Å². The van der Waals surface area contributed by atoms with E-state index in [4.69, 9.17) is 0 Å². The first-order valence-electron chi connectivity index (χ1n) is 7.44. The predicted octanol–water partition coefficient (Wildman–Crippen LogP) is 2.96. The Morgan fingerprint density at radius 3 is 2.77 bits per heavy atom. The molecule has 0 unspecified atom stereocenters. The van der Waals surface area contributed by atoms with Crippen molar-refractivity contribution in [3.63, 3.8) is 0 Å². The van der Waals surface area contributed by atoms with Crippen LogP contribution in [0.1, 0.15) is 12.8 Å². The number of nitrogens with one attached hydrogen (secondary N) is 1. The number of aromatic nitrogens is 4. The van der Waals surface area contributed by atoms with Crippen molar-refractivity contribution in [2.75, 3.05) is 18.0 Å². The first-order valence-corrected chi connectivity index (χ1v) is 7.44. The summed E-state index contributed by atoms with van der Waals surface area (Å²) in [7, 11) is 0. The third-order valence-electron chi connectivity index (χ3n) is 4.17. The van der Waals surface area contributed by atoms with Crippen LogP contribution in [0.3, 0.4) is 0 Å². The molecule has 0 saturated carbocycles. The summed E-state index contributed by atoms with van der Waals surface area (Å²) in [5.41, 5.74) is 3.78. The maximum Gasteiger partial charge on any atom is 0.140 e. The number of alkyl halides is 1. The summed E-state index contributed by atoms with van der Waals surface area (Å²) in [6, 6.07) is 3.88. The lowest BCUT2D eigenvalue weighted by atomic mass is 10.1. The first-order chi connectivity index (χ1) is 10.8. The monoisotopic (exact) mass is 297 g/mol. The number of halogens is 1. The average Bonchev–Trinajstić information content (AvgIpc) is 3.00. The Kier molecular flexibility index (Phi) is 3.21. The van der Waals surface area contributed by atoms with Gasteiger partial charge in [-0.15, -0.1) is 0 Å². The van der Waals surface area contributed by atoms with Gasteiger partial charge in [0.05, 0.1) is 11.1 Å². The Labute approximate surface area is 127 Å². The summed E-state index contributed by atoms with van der Waals surface area (Å²) >= 11 is 0. The largest absolute Gasteiger partial charge is 0.371 e. The summed E-state index contributed by atoms with van der Waals surface area (Å²) < 4.78 is 13.4. The van der Waals surface area contributed by atoms with E-state index in [-0.39, 0.29) is 0 Å². The maximum absolute atomic E-state index is 13.4. The van der Waals surface area contributed by atoms with E-state index in [0.717, 1.165) is 41.1 Å². The number of piperidine rings is 1. The van der Waals surface area contributed by atoms with Crippen LogP contribution in [0.5, 0.6) is 0 Å². The average molecular weight is 297 g/mol. The van der Waals surface area contributed by atoms with E-state index >= 15 is 0 Å². The van der Waals surface area contributed by atoms with Crippen LogP contribution in [0.25, 0.3) is 22.3 Å². The minimum Gasteiger partial charge on any atom is -0.371 e. The highest BCUT2D eigenvalue weighted by Gasteiger charge is 2.22. The smallest absolute Gasteiger partial charge is 0.140 e. The van der Waals surface area contributed by atoms with E-state index in [1.54, 1.807) is 18.7 Å². The lowest BCUT2D eigenvalue weighted by molar-refractivity contribution is 0.277. The first kappa shape index (κ1) is 13.2. The molecule has 5 nitrogen and oxygen atoms in total. The van der Waals surface area contributed by atoms with Gasteiger partial charge in [-0.05, 0) is 25.0 Å². The quantitative estimate of drug-likeness (QED) is 0.790. The molecular weight excluding hydrogens is 281 g/mol. The fourth-order valence-corrected chi connectivity index (χ4v) is 3.04. The molecule has 112 valence electrons. The highest BCUT2D eigenvalue weighted by molar-refractivity contribution is 6.01. The Balaban J connectivity index is 1.83. The van der Waals surface area contributed by atoms with Gasteiger partial charge in [0.2, 0.25) is 0 Å². The van der Waals surface area contributed by atoms with Gasteiger partial charge in [-0.3, -0.25) is 0 Å². The molecule has 0 bridgehead atoms. The van der Waals surface area contributed by atoms with Gasteiger partial charge in [0.15, 0.2) is 0 Å². The number of hydrogen-bond donors (Lipinski definition) is 1. The van der Waals surface area contributed by atoms with Crippen molar-refractivity contribution in [1.29, 1.82) is 0 Å². The predicted molar refractivity (Wildman–Crippen MR) is 83.5 cm³/mol. The molecule has 1 aliphatic heterocycles. The van der Waals surface area contributed by atoms with Crippen molar-refractivity contribution < 1.29 is 4.39 Å². The molecular formula is C16H16FN5. The normalized spacial score (nSPS) is 16.3. The molecule has 1 fully saturated rings. The minimum absolute atomic E-state index is 0.580. The van der Waals surface area contributed by atoms with Gasteiger partial charge in [-0.25, -0.2) is 19.3 Å². The molecule has 0 atom stereocenters. The third kappa shape index (κ3) is 2.20. The van der Waals surface area contributed by atoms with Crippen molar-refractivity contribution in [1.82, 2.24) is 19.9 Å². The van der Waals surface area contributed by atoms with E-state index in [1.165, 1.54) is 0 Å². The second-order valence-electron chi connectivity index (χ2n) is 5.51. The van der Waals surface area contributed by atoms with Crippen molar-refractivity contribution in [2.45, 2.75) is 19.0 Å². The lowest BCUT2D eigenvalue weighted by Gasteiger charge is -2.31. The third-order valence-corrected chi connectivity index (χ3v) is 4.17. The molecule has 0 spiro atoms. The molecule has 6 heteroatoms. The zero-order valence-electron chi connectivity index (χ0n) is 12.0. The van der Waals surface area contributed by atoms with E-state index < -0.39 is 6.17 Å². The molecule has 3 aromatic heterocycles. The van der Waals surface area contributed by atoms with Gasteiger partial charge >= 0.3 is 0 Å². The summed E-state index contributed by atoms with van der Waals surface area (Å²) in [5.74, 6) is 0. The molecule has 1 saturated heterocycles. The summed E-state index contributed by atoms with van der Waals surface area (Å²) in [5, 5.41) is 1.04. The zero-order valence-corrected chi connectivity index (χ0v) is 12.0. The van der Waals surface area contributed by atoms with Crippen LogP contribution in [0, 0.1) is 0 Å². The van der Waals surface area contributed by atoms with Crippen molar-refractivity contribution in [2.24, 2.45) is 0 Å². The molecule has 0 aromatic carbocycles. The topological polar surface area (TPSA) is 57.7 Å². The lowest BCUT2D eigenvalue weighted by Crippen LogP contribution is -2.34. The van der Waals surface area contributed by atoms with Crippen LogP contribution in [0.4, 0.5) is 10.1 Å². The summed E-state index contributed by atoms with van der Waals surface area (Å²) in [4.78, 5) is 18.1. The molecule has 4 rings (SSSR count). The van der Waals surface area contributed by atoms with E-state index in [2.05, 4.69) is 24.8 Å². The Bertz CT molecular complexity index is 778.